The van der Waals surface area contributed by atoms with E-state index in [1.165, 1.54) is 18.2 Å². The van der Waals surface area contributed by atoms with Crippen molar-refractivity contribution in [2.24, 2.45) is 0 Å². The van der Waals surface area contributed by atoms with Crippen molar-refractivity contribution < 1.29 is 8.78 Å². The fourth-order valence-corrected chi connectivity index (χ4v) is 3.08. The molecule has 1 N–H and O–H groups in total. The molecule has 1 atom stereocenters. The van der Waals surface area contributed by atoms with E-state index in [0.29, 0.717) is 0 Å². The van der Waals surface area contributed by atoms with Crippen LogP contribution in [0.4, 0.5) is 14.5 Å². The maximum Gasteiger partial charge on any atom is 0.131 e. The van der Waals surface area contributed by atoms with Crippen molar-refractivity contribution in [1.82, 2.24) is 0 Å². The van der Waals surface area contributed by atoms with Crippen molar-refractivity contribution in [1.29, 1.82) is 0 Å². The quantitative estimate of drug-likeness (QED) is 0.712. The molecule has 0 fully saturated rings. The van der Waals surface area contributed by atoms with E-state index in [1.54, 1.807) is 6.92 Å². The van der Waals surface area contributed by atoms with Crippen molar-refractivity contribution in [3.63, 3.8) is 0 Å². The second-order valence-electron chi connectivity index (χ2n) is 4.10. The molecule has 0 spiro atoms. The van der Waals surface area contributed by atoms with Crippen LogP contribution >= 0.6 is 31.9 Å². The Kier molecular flexibility index (Phi) is 4.58. The molecule has 2 aromatic rings. The first-order valence-electron chi connectivity index (χ1n) is 5.65. The third kappa shape index (κ3) is 3.15. The molecule has 1 unspecified atom stereocenters. The van der Waals surface area contributed by atoms with E-state index in [0.717, 1.165) is 14.6 Å². The lowest BCUT2D eigenvalue weighted by atomic mass is 10.1. The molecule has 2 rings (SSSR count). The highest BCUT2D eigenvalue weighted by Gasteiger charge is 2.17. The predicted molar refractivity (Wildman–Crippen MR) is 80.2 cm³/mol. The Morgan fingerprint density at radius 3 is 1.95 bits per heavy atom. The third-order valence-electron chi connectivity index (χ3n) is 2.76. The van der Waals surface area contributed by atoms with Crippen LogP contribution in [0, 0.1) is 11.6 Å². The average Bonchev–Trinajstić information content (AvgIpc) is 2.34. The standard InChI is InChI=1S/C14H11Br2F2N/c1-8(13-11(17)6-3-7-12(13)18)19-14-9(15)4-2-5-10(14)16/h2-8,19H,1H3. The van der Waals surface area contributed by atoms with Crippen molar-refractivity contribution >= 4 is 37.5 Å². The molecule has 19 heavy (non-hydrogen) atoms. The van der Waals surface area contributed by atoms with Gasteiger partial charge in [-0.2, -0.15) is 0 Å². The summed E-state index contributed by atoms with van der Waals surface area (Å²) in [7, 11) is 0. The van der Waals surface area contributed by atoms with E-state index < -0.39 is 17.7 Å². The molecular weight excluding hydrogens is 380 g/mol. The Morgan fingerprint density at radius 2 is 1.42 bits per heavy atom. The van der Waals surface area contributed by atoms with Crippen LogP contribution in [0.3, 0.4) is 0 Å². The number of para-hydroxylation sites is 1. The van der Waals surface area contributed by atoms with Crippen LogP contribution in [0.2, 0.25) is 0 Å². The Balaban J connectivity index is 2.34. The monoisotopic (exact) mass is 389 g/mol. The van der Waals surface area contributed by atoms with E-state index >= 15 is 0 Å². The van der Waals surface area contributed by atoms with Gasteiger partial charge in [0.2, 0.25) is 0 Å². The van der Waals surface area contributed by atoms with E-state index in [-0.39, 0.29) is 5.56 Å². The van der Waals surface area contributed by atoms with E-state index in [2.05, 4.69) is 37.2 Å². The zero-order valence-electron chi connectivity index (χ0n) is 10.1. The first kappa shape index (κ1) is 14.5. The van der Waals surface area contributed by atoms with Gasteiger partial charge < -0.3 is 5.32 Å². The van der Waals surface area contributed by atoms with E-state index in [1.807, 2.05) is 18.2 Å². The molecule has 0 radical (unpaired) electrons. The highest BCUT2D eigenvalue weighted by molar-refractivity contribution is 9.11. The first-order chi connectivity index (χ1) is 9.00. The summed E-state index contributed by atoms with van der Waals surface area (Å²) < 4.78 is 29.1. The molecule has 1 nitrogen and oxygen atoms in total. The minimum absolute atomic E-state index is 0.0325. The molecule has 0 aliphatic carbocycles. The lowest BCUT2D eigenvalue weighted by Gasteiger charge is -2.19. The second-order valence-corrected chi connectivity index (χ2v) is 5.81. The fourth-order valence-electron chi connectivity index (χ4n) is 1.85. The van der Waals surface area contributed by atoms with Crippen LogP contribution in [0.25, 0.3) is 0 Å². The molecule has 5 heteroatoms. The van der Waals surface area contributed by atoms with Crippen LogP contribution in [0.15, 0.2) is 45.3 Å². The molecule has 0 aliphatic heterocycles. The maximum absolute atomic E-state index is 13.7. The predicted octanol–water partition coefficient (Wildman–Crippen LogP) is 5.66. The van der Waals surface area contributed by atoms with E-state index in [9.17, 15) is 8.78 Å². The van der Waals surface area contributed by atoms with Crippen molar-refractivity contribution in [3.8, 4) is 0 Å². The minimum Gasteiger partial charge on any atom is -0.376 e. The number of rotatable bonds is 3. The molecule has 0 aliphatic rings. The van der Waals surface area contributed by atoms with Gasteiger partial charge in [-0.05, 0) is 63.0 Å². The van der Waals surface area contributed by atoms with Gasteiger partial charge in [-0.25, -0.2) is 8.78 Å². The summed E-state index contributed by atoms with van der Waals surface area (Å²) in [5.41, 5.74) is 0.794. The largest absolute Gasteiger partial charge is 0.376 e. The Morgan fingerprint density at radius 1 is 0.947 bits per heavy atom. The number of hydrogen-bond donors (Lipinski definition) is 1. The van der Waals surface area contributed by atoms with Crippen molar-refractivity contribution in [3.05, 3.63) is 62.5 Å². The molecule has 2 aromatic carbocycles. The zero-order valence-corrected chi connectivity index (χ0v) is 13.2. The van der Waals surface area contributed by atoms with Gasteiger partial charge in [0.05, 0.1) is 11.7 Å². The van der Waals surface area contributed by atoms with Gasteiger partial charge in [0.1, 0.15) is 11.6 Å². The summed E-state index contributed by atoms with van der Waals surface area (Å²) in [6.07, 6.45) is 0. The summed E-state index contributed by atoms with van der Waals surface area (Å²) in [6.45, 7) is 1.72. The van der Waals surface area contributed by atoms with Gasteiger partial charge in [-0.15, -0.1) is 0 Å². The van der Waals surface area contributed by atoms with Gasteiger partial charge in [0, 0.05) is 14.5 Å². The Hall–Kier alpha value is -0.940. The van der Waals surface area contributed by atoms with Crippen LogP contribution in [-0.2, 0) is 0 Å². The van der Waals surface area contributed by atoms with Crippen LogP contribution in [-0.4, -0.2) is 0 Å². The molecule has 0 amide bonds. The van der Waals surface area contributed by atoms with Gasteiger partial charge in [0.25, 0.3) is 0 Å². The highest BCUT2D eigenvalue weighted by Crippen LogP contribution is 2.34. The number of anilines is 1. The molecule has 0 aromatic heterocycles. The van der Waals surface area contributed by atoms with Crippen LogP contribution < -0.4 is 5.32 Å². The summed E-state index contributed by atoms with van der Waals surface area (Å²) in [5, 5.41) is 3.10. The number of nitrogens with one attached hydrogen (secondary N) is 1. The van der Waals surface area contributed by atoms with Gasteiger partial charge in [-0.3, -0.25) is 0 Å². The number of hydrogen-bond acceptors (Lipinski definition) is 1. The molecular formula is C14H11Br2F2N. The Labute approximate surface area is 127 Å². The highest BCUT2D eigenvalue weighted by atomic mass is 79.9. The van der Waals surface area contributed by atoms with Crippen LogP contribution in [0.5, 0.6) is 0 Å². The molecule has 100 valence electrons. The fraction of sp³-hybridized carbons (Fsp3) is 0.143. The summed E-state index contributed by atoms with van der Waals surface area (Å²) in [6, 6.07) is 8.96. The topological polar surface area (TPSA) is 12.0 Å². The zero-order chi connectivity index (χ0) is 14.0. The average molecular weight is 391 g/mol. The molecule has 0 saturated heterocycles. The Bertz CT molecular complexity index is 561. The van der Waals surface area contributed by atoms with E-state index in [4.69, 9.17) is 0 Å². The van der Waals surface area contributed by atoms with Gasteiger partial charge >= 0.3 is 0 Å². The first-order valence-corrected chi connectivity index (χ1v) is 7.23. The van der Waals surface area contributed by atoms with Crippen LogP contribution in [0.1, 0.15) is 18.5 Å². The van der Waals surface area contributed by atoms with Gasteiger partial charge in [-0.1, -0.05) is 12.1 Å². The smallest absolute Gasteiger partial charge is 0.131 e. The summed E-state index contributed by atoms with van der Waals surface area (Å²) >= 11 is 6.81. The third-order valence-corrected chi connectivity index (χ3v) is 4.08. The number of halogens is 4. The SMILES string of the molecule is CC(Nc1c(Br)cccc1Br)c1c(F)cccc1F. The van der Waals surface area contributed by atoms with Crippen molar-refractivity contribution in [2.75, 3.05) is 5.32 Å². The normalized spacial score (nSPS) is 12.3. The minimum atomic E-state index is -0.553. The lowest BCUT2D eigenvalue weighted by molar-refractivity contribution is 0.544. The van der Waals surface area contributed by atoms with Gasteiger partial charge in [0.15, 0.2) is 0 Å². The maximum atomic E-state index is 13.7. The number of benzene rings is 2. The molecule has 0 saturated carbocycles. The van der Waals surface area contributed by atoms with Crippen molar-refractivity contribution in [2.45, 2.75) is 13.0 Å². The summed E-state index contributed by atoms with van der Waals surface area (Å²) in [5.74, 6) is -1.11. The second kappa shape index (κ2) is 6.01. The lowest BCUT2D eigenvalue weighted by Crippen LogP contribution is -2.11. The summed E-state index contributed by atoms with van der Waals surface area (Å²) in [4.78, 5) is 0. The molecule has 0 heterocycles. The molecule has 0 bridgehead atoms.